The van der Waals surface area contributed by atoms with Gasteiger partial charge in [0.25, 0.3) is 0 Å². The Bertz CT molecular complexity index is 1050. The van der Waals surface area contributed by atoms with Crippen LogP contribution >= 0.6 is 0 Å². The third-order valence-corrected chi connectivity index (χ3v) is 13.6. The van der Waals surface area contributed by atoms with Crippen LogP contribution in [0.5, 0.6) is 0 Å². The number of nitrogens with zero attached hydrogens (tertiary/aromatic N) is 1. The Kier molecular flexibility index (Phi) is 10.5. The largest absolute Gasteiger partial charge is 0.748 e. The zero-order valence-electron chi connectivity index (χ0n) is 26.6. The van der Waals surface area contributed by atoms with Crippen molar-refractivity contribution in [3.8, 4) is 0 Å². The van der Waals surface area contributed by atoms with E-state index in [0.717, 1.165) is 64.3 Å². The number of aliphatic hydroxyl groups is 3. The number of carbonyl (C=O) groups excluding carboxylic acids is 1. The predicted octanol–water partition coefficient (Wildman–Crippen LogP) is 2.88. The van der Waals surface area contributed by atoms with Crippen molar-refractivity contribution in [3.63, 3.8) is 0 Å². The van der Waals surface area contributed by atoms with Gasteiger partial charge in [-0.1, -0.05) is 20.8 Å². The molecule has 4 saturated carbocycles. The van der Waals surface area contributed by atoms with Gasteiger partial charge in [0.05, 0.1) is 55.6 Å². The number of fused-ring (bicyclic) bond motifs is 5. The van der Waals surface area contributed by atoms with Crippen molar-refractivity contribution in [2.45, 2.75) is 110 Å². The van der Waals surface area contributed by atoms with Crippen LogP contribution in [0.1, 0.15) is 91.4 Å². The van der Waals surface area contributed by atoms with Crippen LogP contribution in [0.25, 0.3) is 0 Å². The van der Waals surface area contributed by atoms with Crippen molar-refractivity contribution in [2.75, 3.05) is 39.5 Å². The van der Waals surface area contributed by atoms with Gasteiger partial charge < -0.3 is 29.7 Å². The minimum absolute atomic E-state index is 0.0368. The molecule has 0 aromatic carbocycles. The number of aliphatic hydroxyl groups excluding tert-OH is 3. The summed E-state index contributed by atoms with van der Waals surface area (Å²) in [4.78, 5) is 12.7. The molecule has 4 rings (SSSR count). The van der Waals surface area contributed by atoms with Gasteiger partial charge >= 0.3 is 0 Å². The van der Waals surface area contributed by atoms with E-state index in [-0.39, 0.29) is 52.5 Å². The van der Waals surface area contributed by atoms with Crippen LogP contribution in [0.15, 0.2) is 0 Å². The van der Waals surface area contributed by atoms with Gasteiger partial charge in [0.1, 0.15) is 0 Å². The lowest BCUT2D eigenvalue weighted by Crippen LogP contribution is -2.62. The Labute approximate surface area is 254 Å². The third-order valence-electron chi connectivity index (χ3n) is 12.8. The Balaban J connectivity index is 1.27. The van der Waals surface area contributed by atoms with E-state index in [9.17, 15) is 33.1 Å². The summed E-state index contributed by atoms with van der Waals surface area (Å²) in [6.07, 6.45) is 7.35. The number of hydrogen-bond donors (Lipinski definition) is 4. The van der Waals surface area contributed by atoms with Gasteiger partial charge in [-0.15, -0.1) is 0 Å². The Morgan fingerprint density at radius 2 is 1.71 bits per heavy atom. The van der Waals surface area contributed by atoms with Gasteiger partial charge in [-0.2, -0.15) is 0 Å². The van der Waals surface area contributed by atoms with Crippen LogP contribution < -0.4 is 5.32 Å². The molecule has 10 heteroatoms. The van der Waals surface area contributed by atoms with E-state index < -0.39 is 16.2 Å². The van der Waals surface area contributed by atoms with Crippen LogP contribution in [0.4, 0.5) is 0 Å². The maximum Gasteiger partial charge on any atom is 0.220 e. The highest BCUT2D eigenvalue weighted by molar-refractivity contribution is 7.85. The van der Waals surface area contributed by atoms with Crippen molar-refractivity contribution in [1.82, 2.24) is 5.32 Å². The van der Waals surface area contributed by atoms with Gasteiger partial charge in [-0.3, -0.25) is 4.79 Å². The summed E-state index contributed by atoms with van der Waals surface area (Å²) in [5.74, 6) is 1.38. The smallest absolute Gasteiger partial charge is 0.220 e. The van der Waals surface area contributed by atoms with Crippen molar-refractivity contribution < 1.29 is 37.6 Å². The molecule has 0 aliphatic heterocycles. The topological polar surface area (TPSA) is 147 Å². The summed E-state index contributed by atoms with van der Waals surface area (Å²) in [5, 5.41) is 36.6. The molecule has 0 bridgehead atoms. The van der Waals surface area contributed by atoms with Gasteiger partial charge in [0, 0.05) is 31.6 Å². The fourth-order valence-corrected chi connectivity index (χ4v) is 10.8. The molecule has 0 saturated heterocycles. The number of hydrogen-bond acceptors (Lipinski definition) is 7. The Morgan fingerprint density at radius 3 is 2.40 bits per heavy atom. The van der Waals surface area contributed by atoms with E-state index in [1.165, 1.54) is 0 Å². The summed E-state index contributed by atoms with van der Waals surface area (Å²) < 4.78 is 33.1. The molecule has 4 aliphatic rings. The number of rotatable bonds is 12. The Hall–Kier alpha value is -0.780. The normalized spacial score (nSPS) is 41.0. The Morgan fingerprint density at radius 1 is 1.02 bits per heavy atom. The lowest BCUT2D eigenvalue weighted by Gasteiger charge is -2.63. The van der Waals surface area contributed by atoms with Gasteiger partial charge in [0.2, 0.25) is 5.91 Å². The summed E-state index contributed by atoms with van der Waals surface area (Å²) in [7, 11) is -0.177. The quantitative estimate of drug-likeness (QED) is 0.150. The monoisotopic (exact) mass is 614 g/mol. The second-order valence-electron chi connectivity index (χ2n) is 15.7. The highest BCUT2D eigenvalue weighted by Crippen LogP contribution is 2.68. The molecule has 0 radical (unpaired) electrons. The average Bonchev–Trinajstić information content (AvgIpc) is 3.24. The van der Waals surface area contributed by atoms with Crippen LogP contribution in [0.2, 0.25) is 0 Å². The molecular formula is C32H58N2O7S. The van der Waals surface area contributed by atoms with E-state index in [0.29, 0.717) is 48.2 Å². The highest BCUT2D eigenvalue weighted by Gasteiger charge is 2.65. The SMILES string of the molecule is C[C@H](CCC(=O)NCCC[N+](C)(C)CCCS(=O)(=O)[O-])C1CC[C@H]2C3[C@H](O)C[C@@H]4C[C@H](O)CC[C@]4(C)[C@H]3C[C@H](O)[C@]12C. The van der Waals surface area contributed by atoms with E-state index in [1.807, 2.05) is 14.1 Å². The predicted molar refractivity (Wildman–Crippen MR) is 161 cm³/mol. The fraction of sp³-hybridized carbons (Fsp3) is 0.969. The number of amides is 1. The van der Waals surface area contributed by atoms with Crippen molar-refractivity contribution in [2.24, 2.45) is 46.3 Å². The minimum Gasteiger partial charge on any atom is -0.748 e. The molecule has 4 fully saturated rings. The maximum absolute atomic E-state index is 12.7. The van der Waals surface area contributed by atoms with Crippen molar-refractivity contribution in [3.05, 3.63) is 0 Å². The van der Waals surface area contributed by atoms with Gasteiger partial charge in [-0.25, -0.2) is 8.42 Å². The van der Waals surface area contributed by atoms with E-state index in [4.69, 9.17) is 0 Å². The first-order chi connectivity index (χ1) is 19.5. The summed E-state index contributed by atoms with van der Waals surface area (Å²) in [6.45, 7) is 8.78. The molecule has 0 aromatic rings. The molecule has 4 N–H and O–H groups in total. The number of quaternary nitrogens is 1. The first-order valence-electron chi connectivity index (χ1n) is 16.5. The van der Waals surface area contributed by atoms with E-state index in [1.54, 1.807) is 0 Å². The second-order valence-corrected chi connectivity index (χ2v) is 17.3. The molecular weight excluding hydrogens is 556 g/mol. The summed E-state index contributed by atoms with van der Waals surface area (Å²) in [5.41, 5.74) is -0.191. The van der Waals surface area contributed by atoms with Crippen molar-refractivity contribution >= 4 is 16.0 Å². The number of nitrogens with one attached hydrogen (secondary N) is 1. The van der Waals surface area contributed by atoms with Crippen LogP contribution in [-0.4, -0.2) is 96.5 Å². The molecule has 2 unspecified atom stereocenters. The van der Waals surface area contributed by atoms with Crippen LogP contribution in [0.3, 0.4) is 0 Å². The standard InChI is InChI=1S/C32H58N2O7S/c1-21(8-11-29(38)33-14-6-15-34(4,5)16-7-17-42(39,40)41)24-9-10-25-30-26(20-28(37)32(24,25)3)31(2)13-12-23(35)18-22(31)19-27(30)36/h21-28,30,35-37H,6-20H2,1-5H3,(H-,33,38,39,40,41)/t21-,22+,23-,24?,25+,26+,27-,28+,30?,31+,32-/m1/s1. The number of carbonyl (C=O) groups is 1. The molecule has 11 atom stereocenters. The second kappa shape index (κ2) is 12.9. The molecule has 9 nitrogen and oxygen atoms in total. The molecule has 244 valence electrons. The molecule has 0 aromatic heterocycles. The summed E-state index contributed by atoms with van der Waals surface area (Å²) in [6, 6.07) is 0. The van der Waals surface area contributed by atoms with Gasteiger partial charge in [0.15, 0.2) is 0 Å². The van der Waals surface area contributed by atoms with Gasteiger partial charge in [-0.05, 0) is 97.7 Å². The van der Waals surface area contributed by atoms with Crippen molar-refractivity contribution in [1.29, 1.82) is 0 Å². The molecule has 0 spiro atoms. The average molecular weight is 615 g/mol. The summed E-state index contributed by atoms with van der Waals surface area (Å²) >= 11 is 0. The zero-order valence-corrected chi connectivity index (χ0v) is 27.4. The fourth-order valence-electron chi connectivity index (χ4n) is 10.3. The first kappa shape index (κ1) is 34.1. The highest BCUT2D eigenvalue weighted by atomic mass is 32.2. The molecule has 42 heavy (non-hydrogen) atoms. The van der Waals surface area contributed by atoms with Crippen LogP contribution in [-0.2, 0) is 14.9 Å². The first-order valence-corrected chi connectivity index (χ1v) is 18.1. The molecule has 0 heterocycles. The third kappa shape index (κ3) is 7.20. The molecule has 4 aliphatic carbocycles. The molecule has 1 amide bonds. The van der Waals surface area contributed by atoms with E-state index >= 15 is 0 Å². The lowest BCUT2D eigenvalue weighted by atomic mass is 9.43. The minimum atomic E-state index is -4.18. The maximum atomic E-state index is 12.7. The van der Waals surface area contributed by atoms with Crippen LogP contribution in [0, 0.1) is 46.3 Å². The van der Waals surface area contributed by atoms with E-state index in [2.05, 4.69) is 26.1 Å². The lowest BCUT2D eigenvalue weighted by molar-refractivity contribution is -0.890. The zero-order chi connectivity index (χ0) is 31.1.